The van der Waals surface area contributed by atoms with Gasteiger partial charge in [0.1, 0.15) is 0 Å². The van der Waals surface area contributed by atoms with Crippen molar-refractivity contribution in [1.29, 1.82) is 0 Å². The minimum Gasteiger partial charge on any atom is -0.324 e. The Labute approximate surface area is 104 Å². The van der Waals surface area contributed by atoms with E-state index >= 15 is 0 Å². The maximum Gasteiger partial charge on any atom is 0.244 e. The van der Waals surface area contributed by atoms with Gasteiger partial charge in [0, 0.05) is 5.69 Å². The highest BCUT2D eigenvalue weighted by Crippen LogP contribution is 2.15. The van der Waals surface area contributed by atoms with Crippen molar-refractivity contribution >= 4 is 11.6 Å². The van der Waals surface area contributed by atoms with Crippen molar-refractivity contribution in [2.24, 2.45) is 0 Å². The number of aryl methyl sites for hydroxylation is 1. The summed E-state index contributed by atoms with van der Waals surface area (Å²) in [6, 6.07) is 7.80. The fraction of sp³-hybridized carbons (Fsp3) is 0.500. The minimum absolute atomic E-state index is 0.000231. The van der Waals surface area contributed by atoms with E-state index < -0.39 is 5.54 Å². The van der Waals surface area contributed by atoms with E-state index in [4.69, 9.17) is 0 Å². The molecule has 1 aromatic carbocycles. The van der Waals surface area contributed by atoms with Crippen LogP contribution in [-0.4, -0.2) is 18.0 Å². The number of hydrogen-bond acceptors (Lipinski definition) is 2. The van der Waals surface area contributed by atoms with E-state index in [0.717, 1.165) is 24.2 Å². The number of nitrogens with one attached hydrogen (secondary N) is 2. The first kappa shape index (κ1) is 13.7. The van der Waals surface area contributed by atoms with Crippen molar-refractivity contribution < 1.29 is 4.79 Å². The molecule has 0 aromatic heterocycles. The van der Waals surface area contributed by atoms with Crippen LogP contribution in [0.15, 0.2) is 24.3 Å². The van der Waals surface area contributed by atoms with E-state index in [0.29, 0.717) is 0 Å². The molecule has 1 aromatic rings. The molecular formula is C14H22N2O. The molecule has 94 valence electrons. The van der Waals surface area contributed by atoms with E-state index in [1.54, 1.807) is 0 Å². The highest BCUT2D eigenvalue weighted by molar-refractivity contribution is 5.98. The van der Waals surface area contributed by atoms with Gasteiger partial charge in [0.25, 0.3) is 0 Å². The molecule has 0 aliphatic rings. The fourth-order valence-corrected chi connectivity index (χ4v) is 1.51. The molecule has 0 saturated carbocycles. The van der Waals surface area contributed by atoms with E-state index in [-0.39, 0.29) is 5.91 Å². The lowest BCUT2D eigenvalue weighted by atomic mass is 10.0. The summed E-state index contributed by atoms with van der Waals surface area (Å²) in [5.41, 5.74) is 1.41. The minimum atomic E-state index is -0.543. The largest absolute Gasteiger partial charge is 0.324 e. The molecule has 0 unspecified atom stereocenters. The Balaban J connectivity index is 2.69. The summed E-state index contributed by atoms with van der Waals surface area (Å²) in [6.45, 7) is 8.71. The number of anilines is 1. The molecule has 0 radical (unpaired) electrons. The molecule has 0 aliphatic heterocycles. The SMILES string of the molecule is CCCNC(C)(C)C(=O)Nc1ccccc1C. The van der Waals surface area contributed by atoms with Crippen LogP contribution in [0.2, 0.25) is 0 Å². The van der Waals surface area contributed by atoms with Crippen molar-refractivity contribution in [3.05, 3.63) is 29.8 Å². The molecule has 0 saturated heterocycles. The normalized spacial score (nSPS) is 11.3. The maximum absolute atomic E-state index is 12.1. The van der Waals surface area contributed by atoms with Crippen LogP contribution >= 0.6 is 0 Å². The molecule has 3 heteroatoms. The van der Waals surface area contributed by atoms with Crippen LogP contribution in [0, 0.1) is 6.92 Å². The van der Waals surface area contributed by atoms with Crippen LogP contribution in [0.1, 0.15) is 32.8 Å². The van der Waals surface area contributed by atoms with Gasteiger partial charge in [-0.1, -0.05) is 25.1 Å². The molecule has 0 aliphatic carbocycles. The number of hydrogen-bond donors (Lipinski definition) is 2. The Morgan fingerprint density at radius 2 is 1.94 bits per heavy atom. The lowest BCUT2D eigenvalue weighted by Gasteiger charge is -2.25. The van der Waals surface area contributed by atoms with Crippen LogP contribution in [0.3, 0.4) is 0 Å². The van der Waals surface area contributed by atoms with E-state index in [9.17, 15) is 4.79 Å². The van der Waals surface area contributed by atoms with Gasteiger partial charge in [0.15, 0.2) is 0 Å². The summed E-state index contributed by atoms with van der Waals surface area (Å²) >= 11 is 0. The van der Waals surface area contributed by atoms with Gasteiger partial charge < -0.3 is 10.6 Å². The lowest BCUT2D eigenvalue weighted by Crippen LogP contribution is -2.50. The summed E-state index contributed by atoms with van der Waals surface area (Å²) in [7, 11) is 0. The topological polar surface area (TPSA) is 41.1 Å². The first-order valence-electron chi connectivity index (χ1n) is 6.09. The summed E-state index contributed by atoms with van der Waals surface area (Å²) in [5, 5.41) is 6.19. The Morgan fingerprint density at radius 3 is 2.53 bits per heavy atom. The number of benzene rings is 1. The van der Waals surface area contributed by atoms with Gasteiger partial charge in [-0.3, -0.25) is 4.79 Å². The second kappa shape index (κ2) is 5.82. The van der Waals surface area contributed by atoms with Crippen molar-refractivity contribution in [1.82, 2.24) is 5.32 Å². The average Bonchev–Trinajstić information content (AvgIpc) is 2.29. The van der Waals surface area contributed by atoms with Crippen molar-refractivity contribution in [2.45, 2.75) is 39.7 Å². The molecule has 0 fully saturated rings. The molecule has 0 atom stereocenters. The summed E-state index contributed by atoms with van der Waals surface area (Å²) < 4.78 is 0. The smallest absolute Gasteiger partial charge is 0.244 e. The van der Waals surface area contributed by atoms with Gasteiger partial charge in [-0.05, 0) is 45.4 Å². The van der Waals surface area contributed by atoms with Crippen LogP contribution in [-0.2, 0) is 4.79 Å². The van der Waals surface area contributed by atoms with Crippen LogP contribution < -0.4 is 10.6 Å². The molecule has 0 bridgehead atoms. The van der Waals surface area contributed by atoms with Gasteiger partial charge in [-0.15, -0.1) is 0 Å². The van der Waals surface area contributed by atoms with Crippen LogP contribution in [0.4, 0.5) is 5.69 Å². The van der Waals surface area contributed by atoms with Gasteiger partial charge >= 0.3 is 0 Å². The second-order valence-corrected chi connectivity index (χ2v) is 4.82. The first-order chi connectivity index (χ1) is 7.97. The van der Waals surface area contributed by atoms with Crippen molar-refractivity contribution in [3.8, 4) is 0 Å². The number of amides is 1. The zero-order valence-corrected chi connectivity index (χ0v) is 11.1. The number of para-hydroxylation sites is 1. The summed E-state index contributed by atoms with van der Waals surface area (Å²) in [5.74, 6) is 0.000231. The van der Waals surface area contributed by atoms with E-state index in [1.807, 2.05) is 45.0 Å². The Morgan fingerprint density at radius 1 is 1.29 bits per heavy atom. The Kier molecular flexibility index (Phi) is 4.70. The number of carbonyl (C=O) groups is 1. The van der Waals surface area contributed by atoms with Crippen LogP contribution in [0.25, 0.3) is 0 Å². The summed E-state index contributed by atoms with van der Waals surface area (Å²) in [4.78, 5) is 12.1. The third kappa shape index (κ3) is 3.86. The maximum atomic E-state index is 12.1. The standard InChI is InChI=1S/C14H22N2O/c1-5-10-15-14(3,4)13(17)16-12-9-7-6-8-11(12)2/h6-9,15H,5,10H2,1-4H3,(H,16,17). The zero-order valence-electron chi connectivity index (χ0n) is 11.1. The van der Waals surface area contributed by atoms with Crippen molar-refractivity contribution in [2.75, 3.05) is 11.9 Å². The second-order valence-electron chi connectivity index (χ2n) is 4.82. The molecule has 0 heterocycles. The Bertz CT molecular complexity index is 386. The Hall–Kier alpha value is -1.35. The molecule has 17 heavy (non-hydrogen) atoms. The van der Waals surface area contributed by atoms with Gasteiger partial charge in [0.05, 0.1) is 5.54 Å². The van der Waals surface area contributed by atoms with Gasteiger partial charge in [-0.25, -0.2) is 0 Å². The van der Waals surface area contributed by atoms with Crippen molar-refractivity contribution in [3.63, 3.8) is 0 Å². The fourth-order valence-electron chi connectivity index (χ4n) is 1.51. The van der Waals surface area contributed by atoms with E-state index in [1.165, 1.54) is 0 Å². The van der Waals surface area contributed by atoms with Gasteiger partial charge in [-0.2, -0.15) is 0 Å². The molecule has 3 nitrogen and oxygen atoms in total. The highest BCUT2D eigenvalue weighted by Gasteiger charge is 2.26. The van der Waals surface area contributed by atoms with Crippen LogP contribution in [0.5, 0.6) is 0 Å². The molecule has 1 amide bonds. The third-order valence-electron chi connectivity index (χ3n) is 2.78. The third-order valence-corrected chi connectivity index (χ3v) is 2.78. The zero-order chi connectivity index (χ0) is 12.9. The molecule has 1 rings (SSSR count). The predicted octanol–water partition coefficient (Wildman–Crippen LogP) is 2.71. The lowest BCUT2D eigenvalue weighted by molar-refractivity contribution is -0.121. The predicted molar refractivity (Wildman–Crippen MR) is 72.2 cm³/mol. The average molecular weight is 234 g/mol. The quantitative estimate of drug-likeness (QED) is 0.822. The van der Waals surface area contributed by atoms with Gasteiger partial charge in [0.2, 0.25) is 5.91 Å². The first-order valence-corrected chi connectivity index (χ1v) is 6.09. The molecular weight excluding hydrogens is 212 g/mol. The molecule has 2 N–H and O–H groups in total. The summed E-state index contributed by atoms with van der Waals surface area (Å²) in [6.07, 6.45) is 1.01. The monoisotopic (exact) mass is 234 g/mol. The highest BCUT2D eigenvalue weighted by atomic mass is 16.2. The number of rotatable bonds is 5. The number of carbonyl (C=O) groups excluding carboxylic acids is 1. The molecule has 0 spiro atoms. The van der Waals surface area contributed by atoms with E-state index in [2.05, 4.69) is 17.6 Å².